The van der Waals surface area contributed by atoms with Crippen LogP contribution in [0.2, 0.25) is 0 Å². The Morgan fingerprint density at radius 3 is 2.36 bits per heavy atom. The van der Waals surface area contributed by atoms with Gasteiger partial charge in [-0.2, -0.15) is 0 Å². The quantitative estimate of drug-likeness (QED) is 0.913. The van der Waals surface area contributed by atoms with Crippen molar-refractivity contribution in [3.05, 3.63) is 36.1 Å². The van der Waals surface area contributed by atoms with E-state index in [1.54, 1.807) is 19.1 Å². The molecule has 0 aliphatic carbocycles. The van der Waals surface area contributed by atoms with E-state index in [4.69, 9.17) is 9.26 Å². The van der Waals surface area contributed by atoms with Crippen LogP contribution < -0.4 is 9.46 Å². The van der Waals surface area contributed by atoms with Crippen molar-refractivity contribution in [1.29, 1.82) is 0 Å². The Morgan fingerprint density at radius 2 is 1.86 bits per heavy atom. The standard InChI is InChI=1S/C15H20N2O4S/c1-11-9-14(16-21-11)17-22(18,19)13-7-5-12(6-8-13)20-10-15(2,3)4/h5-9H,10H2,1-4H3,(H,16,17). The Morgan fingerprint density at radius 1 is 1.23 bits per heavy atom. The van der Waals surface area contributed by atoms with Gasteiger partial charge >= 0.3 is 0 Å². The molecular formula is C15H20N2O4S. The highest BCUT2D eigenvalue weighted by molar-refractivity contribution is 7.92. The molecule has 2 rings (SSSR count). The molecule has 0 amide bonds. The number of anilines is 1. The van der Waals surface area contributed by atoms with Crippen LogP contribution in [-0.2, 0) is 10.0 Å². The Hall–Kier alpha value is -2.02. The second-order valence-electron chi connectivity index (χ2n) is 6.25. The molecule has 0 saturated carbocycles. The van der Waals surface area contributed by atoms with Gasteiger partial charge in [0.2, 0.25) is 0 Å². The lowest BCUT2D eigenvalue weighted by Gasteiger charge is -2.18. The molecule has 2 aromatic rings. The number of benzene rings is 1. The maximum Gasteiger partial charge on any atom is 0.263 e. The normalized spacial score (nSPS) is 12.2. The fourth-order valence-corrected chi connectivity index (χ4v) is 2.61. The van der Waals surface area contributed by atoms with Crippen molar-refractivity contribution in [3.63, 3.8) is 0 Å². The molecule has 1 N–H and O–H groups in total. The van der Waals surface area contributed by atoms with Crippen LogP contribution in [0.25, 0.3) is 0 Å². The van der Waals surface area contributed by atoms with Crippen molar-refractivity contribution in [1.82, 2.24) is 5.16 Å². The van der Waals surface area contributed by atoms with E-state index >= 15 is 0 Å². The average molecular weight is 324 g/mol. The van der Waals surface area contributed by atoms with E-state index in [0.717, 1.165) is 0 Å². The largest absolute Gasteiger partial charge is 0.493 e. The first-order chi connectivity index (χ1) is 10.2. The molecule has 0 atom stereocenters. The van der Waals surface area contributed by atoms with E-state index in [0.29, 0.717) is 18.1 Å². The molecule has 0 fully saturated rings. The van der Waals surface area contributed by atoms with Crippen molar-refractivity contribution in [2.75, 3.05) is 11.3 Å². The maximum atomic E-state index is 12.2. The van der Waals surface area contributed by atoms with Crippen LogP contribution in [0.15, 0.2) is 39.8 Å². The fraction of sp³-hybridized carbons (Fsp3) is 0.400. The van der Waals surface area contributed by atoms with Crippen LogP contribution in [0.3, 0.4) is 0 Å². The predicted octanol–water partition coefficient (Wildman–Crippen LogP) is 3.21. The minimum absolute atomic E-state index is 0.0388. The third-order valence-electron chi connectivity index (χ3n) is 2.67. The van der Waals surface area contributed by atoms with Gasteiger partial charge in [0.25, 0.3) is 10.0 Å². The van der Waals surface area contributed by atoms with Gasteiger partial charge < -0.3 is 9.26 Å². The Bertz CT molecular complexity index is 728. The summed E-state index contributed by atoms with van der Waals surface area (Å²) >= 11 is 0. The zero-order valence-electron chi connectivity index (χ0n) is 13.1. The lowest BCUT2D eigenvalue weighted by atomic mass is 9.99. The summed E-state index contributed by atoms with van der Waals surface area (Å²) in [5, 5.41) is 3.61. The summed E-state index contributed by atoms with van der Waals surface area (Å²) in [6, 6.07) is 7.77. The summed E-state index contributed by atoms with van der Waals surface area (Å²) in [6.45, 7) is 8.43. The van der Waals surface area contributed by atoms with Crippen molar-refractivity contribution >= 4 is 15.8 Å². The zero-order chi connectivity index (χ0) is 16.4. The second kappa shape index (κ2) is 6.00. The smallest absolute Gasteiger partial charge is 0.263 e. The molecular weight excluding hydrogens is 304 g/mol. The highest BCUT2D eigenvalue weighted by Crippen LogP contribution is 2.21. The van der Waals surface area contributed by atoms with E-state index in [1.165, 1.54) is 18.2 Å². The Kier molecular flexibility index (Phi) is 4.46. The number of hydrogen-bond acceptors (Lipinski definition) is 5. The van der Waals surface area contributed by atoms with Gasteiger partial charge in [-0.25, -0.2) is 8.42 Å². The molecule has 0 saturated heterocycles. The molecule has 1 aromatic carbocycles. The van der Waals surface area contributed by atoms with E-state index in [9.17, 15) is 8.42 Å². The Balaban J connectivity index is 2.08. The molecule has 0 aliphatic heterocycles. The van der Waals surface area contributed by atoms with Crippen molar-refractivity contribution < 1.29 is 17.7 Å². The molecule has 0 unspecified atom stereocenters. The van der Waals surface area contributed by atoms with E-state index in [1.807, 2.05) is 0 Å². The molecule has 0 radical (unpaired) electrons. The molecule has 22 heavy (non-hydrogen) atoms. The van der Waals surface area contributed by atoms with Gasteiger partial charge in [-0.3, -0.25) is 4.72 Å². The first kappa shape index (κ1) is 16.4. The minimum Gasteiger partial charge on any atom is -0.493 e. The molecule has 7 heteroatoms. The van der Waals surface area contributed by atoms with Crippen LogP contribution in [0.1, 0.15) is 26.5 Å². The molecule has 1 heterocycles. The highest BCUT2D eigenvalue weighted by Gasteiger charge is 2.17. The Labute approximate surface area is 130 Å². The summed E-state index contributed by atoms with van der Waals surface area (Å²) in [7, 11) is -3.69. The summed E-state index contributed by atoms with van der Waals surface area (Å²) in [5.41, 5.74) is 0.0388. The van der Waals surface area contributed by atoms with Gasteiger partial charge in [0.05, 0.1) is 11.5 Å². The molecule has 1 aromatic heterocycles. The summed E-state index contributed by atoms with van der Waals surface area (Å²) in [4.78, 5) is 0.135. The molecule has 0 spiro atoms. The van der Waals surface area contributed by atoms with Gasteiger partial charge in [0.1, 0.15) is 11.5 Å². The number of ether oxygens (including phenoxy) is 1. The lowest BCUT2D eigenvalue weighted by molar-refractivity contribution is 0.198. The predicted molar refractivity (Wildman–Crippen MR) is 83.4 cm³/mol. The third-order valence-corrected chi connectivity index (χ3v) is 4.04. The topological polar surface area (TPSA) is 81.4 Å². The fourth-order valence-electron chi connectivity index (χ4n) is 1.63. The lowest BCUT2D eigenvalue weighted by Crippen LogP contribution is -2.17. The van der Waals surface area contributed by atoms with Crippen LogP contribution in [0.4, 0.5) is 5.82 Å². The molecule has 6 nitrogen and oxygen atoms in total. The molecule has 0 bridgehead atoms. The average Bonchev–Trinajstić information content (AvgIpc) is 2.81. The number of sulfonamides is 1. The molecule has 120 valence electrons. The van der Waals surface area contributed by atoms with Gasteiger partial charge in [-0.05, 0) is 36.6 Å². The SMILES string of the molecule is Cc1cc(NS(=O)(=O)c2ccc(OCC(C)(C)C)cc2)no1. The number of hydrogen-bond donors (Lipinski definition) is 1. The van der Waals surface area contributed by atoms with E-state index in [-0.39, 0.29) is 16.1 Å². The summed E-state index contributed by atoms with van der Waals surface area (Å²) in [5.74, 6) is 1.32. The molecule has 0 aliphatic rings. The first-order valence-electron chi connectivity index (χ1n) is 6.85. The zero-order valence-corrected chi connectivity index (χ0v) is 13.9. The third kappa shape index (κ3) is 4.49. The number of aromatic nitrogens is 1. The number of nitrogens with one attached hydrogen (secondary N) is 1. The second-order valence-corrected chi connectivity index (χ2v) is 7.93. The van der Waals surface area contributed by atoms with Crippen molar-refractivity contribution in [2.24, 2.45) is 5.41 Å². The van der Waals surface area contributed by atoms with Crippen LogP contribution >= 0.6 is 0 Å². The van der Waals surface area contributed by atoms with Crippen LogP contribution in [0.5, 0.6) is 5.75 Å². The van der Waals surface area contributed by atoms with Gasteiger partial charge in [0, 0.05) is 6.07 Å². The van der Waals surface area contributed by atoms with Crippen LogP contribution in [-0.4, -0.2) is 20.2 Å². The van der Waals surface area contributed by atoms with Gasteiger partial charge in [0.15, 0.2) is 5.82 Å². The van der Waals surface area contributed by atoms with Gasteiger partial charge in [-0.15, -0.1) is 0 Å². The van der Waals surface area contributed by atoms with Crippen LogP contribution in [0, 0.1) is 12.3 Å². The first-order valence-corrected chi connectivity index (χ1v) is 8.33. The van der Waals surface area contributed by atoms with Gasteiger partial charge in [-0.1, -0.05) is 25.9 Å². The van der Waals surface area contributed by atoms with Crippen molar-refractivity contribution in [3.8, 4) is 5.75 Å². The maximum absolute atomic E-state index is 12.2. The number of rotatable bonds is 5. The monoisotopic (exact) mass is 324 g/mol. The van der Waals surface area contributed by atoms with E-state index in [2.05, 4.69) is 30.6 Å². The minimum atomic E-state index is -3.69. The summed E-state index contributed by atoms with van der Waals surface area (Å²) in [6.07, 6.45) is 0. The highest BCUT2D eigenvalue weighted by atomic mass is 32.2. The summed E-state index contributed by atoms with van der Waals surface area (Å²) < 4.78 is 37.2. The number of nitrogens with zero attached hydrogens (tertiary/aromatic N) is 1. The van der Waals surface area contributed by atoms with Crippen molar-refractivity contribution in [2.45, 2.75) is 32.6 Å². The number of aryl methyl sites for hydroxylation is 1. The van der Waals surface area contributed by atoms with E-state index < -0.39 is 10.0 Å².